The minimum atomic E-state index is -3.71. The molecule has 2 aliphatic heterocycles. The molecule has 0 spiro atoms. The Morgan fingerprint density at radius 2 is 1.73 bits per heavy atom. The smallest absolute Gasteiger partial charge is 0.248 e. The van der Waals surface area contributed by atoms with Crippen LogP contribution in [0.3, 0.4) is 0 Å². The molecule has 2 aromatic carbocycles. The molecule has 0 aliphatic carbocycles. The van der Waals surface area contributed by atoms with E-state index in [9.17, 15) is 17.6 Å². The fraction of sp³-hybridized carbons (Fsp3) is 0.375. The summed E-state index contributed by atoms with van der Waals surface area (Å²) in [5.41, 5.74) is 1.50. The number of sulfonamides is 1. The molecule has 0 unspecified atom stereocenters. The number of anilines is 2. The molecule has 2 aromatic rings. The average Bonchev–Trinajstić information content (AvgIpc) is 2.84. The third kappa shape index (κ3) is 5.61. The third-order valence-corrected chi connectivity index (χ3v) is 7.74. The van der Waals surface area contributed by atoms with E-state index in [-0.39, 0.29) is 4.90 Å². The summed E-state index contributed by atoms with van der Waals surface area (Å²) < 4.78 is 46.8. The molecule has 7 nitrogen and oxygen atoms in total. The molecule has 1 N–H and O–H groups in total. The maximum Gasteiger partial charge on any atom is 0.248 e. The fourth-order valence-electron chi connectivity index (χ4n) is 4.07. The van der Waals surface area contributed by atoms with Crippen LogP contribution in [0.25, 0.3) is 6.08 Å². The fourth-order valence-corrected chi connectivity index (χ4v) is 5.51. The molecule has 9 heteroatoms. The van der Waals surface area contributed by atoms with Gasteiger partial charge in [0, 0.05) is 37.8 Å². The first kappa shape index (κ1) is 23.4. The Labute approximate surface area is 193 Å². The highest BCUT2D eigenvalue weighted by molar-refractivity contribution is 7.89. The van der Waals surface area contributed by atoms with Gasteiger partial charge >= 0.3 is 0 Å². The SMILES string of the molecule is O=C(/C=C/c1ccccc1F)Nc1cc(S(=O)(=O)N2CCOCC2)ccc1N1CCCCC1. The zero-order valence-corrected chi connectivity index (χ0v) is 19.2. The summed E-state index contributed by atoms with van der Waals surface area (Å²) in [6.07, 6.45) is 5.87. The van der Waals surface area contributed by atoms with Crippen molar-refractivity contribution in [2.75, 3.05) is 49.6 Å². The molecule has 176 valence electrons. The molecule has 0 atom stereocenters. The van der Waals surface area contributed by atoms with Crippen molar-refractivity contribution in [1.29, 1.82) is 0 Å². The van der Waals surface area contributed by atoms with E-state index >= 15 is 0 Å². The van der Waals surface area contributed by atoms with Gasteiger partial charge in [-0.2, -0.15) is 4.31 Å². The van der Waals surface area contributed by atoms with E-state index in [1.54, 1.807) is 30.3 Å². The Bertz CT molecular complexity index is 1120. The third-order valence-electron chi connectivity index (χ3n) is 5.85. The summed E-state index contributed by atoms with van der Waals surface area (Å²) >= 11 is 0. The molecule has 0 radical (unpaired) electrons. The summed E-state index contributed by atoms with van der Waals surface area (Å²) in [4.78, 5) is 15.0. The van der Waals surface area contributed by atoms with Crippen LogP contribution < -0.4 is 10.2 Å². The number of carbonyl (C=O) groups is 1. The molecular weight excluding hydrogens is 445 g/mol. The van der Waals surface area contributed by atoms with Gasteiger partial charge in [0.1, 0.15) is 5.82 Å². The molecule has 4 rings (SSSR count). The molecule has 0 bridgehead atoms. The molecule has 0 saturated carbocycles. The first-order valence-corrected chi connectivity index (χ1v) is 12.6. The zero-order valence-electron chi connectivity index (χ0n) is 18.4. The monoisotopic (exact) mass is 473 g/mol. The van der Waals surface area contributed by atoms with E-state index < -0.39 is 21.7 Å². The van der Waals surface area contributed by atoms with E-state index in [1.165, 1.54) is 28.6 Å². The number of ether oxygens (including phenoxy) is 1. The number of hydrogen-bond acceptors (Lipinski definition) is 5. The van der Waals surface area contributed by atoms with Gasteiger partial charge in [0.05, 0.1) is 29.5 Å². The van der Waals surface area contributed by atoms with Crippen molar-refractivity contribution in [2.45, 2.75) is 24.2 Å². The van der Waals surface area contributed by atoms with Gasteiger partial charge in [-0.3, -0.25) is 4.79 Å². The van der Waals surface area contributed by atoms with Crippen LogP contribution in [-0.2, 0) is 19.6 Å². The standard InChI is InChI=1S/C24H28FN3O4S/c25-21-7-3-2-6-19(21)8-11-24(29)26-22-18-20(33(30,31)28-14-16-32-17-15-28)9-10-23(22)27-12-4-1-5-13-27/h2-3,6-11,18H,1,4-5,12-17H2,(H,26,29)/b11-8+. The topological polar surface area (TPSA) is 79.0 Å². The number of benzene rings is 2. The lowest BCUT2D eigenvalue weighted by Crippen LogP contribution is -2.40. The van der Waals surface area contributed by atoms with Gasteiger partial charge in [0.15, 0.2) is 0 Å². The Morgan fingerprint density at radius 1 is 1.00 bits per heavy atom. The molecular formula is C24H28FN3O4S. The Hall–Kier alpha value is -2.75. The van der Waals surface area contributed by atoms with Crippen molar-refractivity contribution in [3.05, 3.63) is 59.9 Å². The summed E-state index contributed by atoms with van der Waals surface area (Å²) in [7, 11) is -3.71. The summed E-state index contributed by atoms with van der Waals surface area (Å²) in [6.45, 7) is 2.98. The average molecular weight is 474 g/mol. The Morgan fingerprint density at radius 3 is 2.45 bits per heavy atom. The number of hydrogen-bond donors (Lipinski definition) is 1. The van der Waals surface area contributed by atoms with Gasteiger partial charge in [0.25, 0.3) is 0 Å². The summed E-state index contributed by atoms with van der Waals surface area (Å²) in [5.74, 6) is -0.883. The van der Waals surface area contributed by atoms with Gasteiger partial charge < -0.3 is 15.0 Å². The zero-order chi connectivity index (χ0) is 23.3. The lowest BCUT2D eigenvalue weighted by Gasteiger charge is -2.31. The van der Waals surface area contributed by atoms with Crippen molar-refractivity contribution in [3.63, 3.8) is 0 Å². The van der Waals surface area contributed by atoms with Crippen LogP contribution in [0, 0.1) is 5.82 Å². The second-order valence-electron chi connectivity index (χ2n) is 8.09. The molecule has 2 saturated heterocycles. The number of rotatable bonds is 6. The van der Waals surface area contributed by atoms with Crippen molar-refractivity contribution >= 4 is 33.4 Å². The number of amides is 1. The normalized spacial score (nSPS) is 17.9. The Kier molecular flexibility index (Phi) is 7.42. The summed E-state index contributed by atoms with van der Waals surface area (Å²) in [6, 6.07) is 11.0. The minimum Gasteiger partial charge on any atom is -0.379 e. The molecule has 2 heterocycles. The van der Waals surface area contributed by atoms with E-state index in [1.807, 2.05) is 0 Å². The quantitative estimate of drug-likeness (QED) is 0.650. The van der Waals surface area contributed by atoms with E-state index in [0.29, 0.717) is 37.6 Å². The van der Waals surface area contributed by atoms with Crippen LogP contribution in [0.4, 0.5) is 15.8 Å². The highest BCUT2D eigenvalue weighted by Crippen LogP contribution is 2.32. The van der Waals surface area contributed by atoms with Gasteiger partial charge in [-0.05, 0) is 49.6 Å². The largest absolute Gasteiger partial charge is 0.379 e. The van der Waals surface area contributed by atoms with Crippen LogP contribution in [0.2, 0.25) is 0 Å². The first-order chi connectivity index (χ1) is 15.9. The highest BCUT2D eigenvalue weighted by atomic mass is 32.2. The van der Waals surface area contributed by atoms with Crippen molar-refractivity contribution in [1.82, 2.24) is 4.31 Å². The van der Waals surface area contributed by atoms with Gasteiger partial charge in [-0.25, -0.2) is 12.8 Å². The second kappa shape index (κ2) is 10.5. The Balaban J connectivity index is 1.62. The minimum absolute atomic E-state index is 0.124. The van der Waals surface area contributed by atoms with E-state index in [4.69, 9.17) is 4.74 Å². The number of morpholine rings is 1. The molecule has 33 heavy (non-hydrogen) atoms. The van der Waals surface area contributed by atoms with Gasteiger partial charge in [0.2, 0.25) is 15.9 Å². The first-order valence-electron chi connectivity index (χ1n) is 11.2. The number of nitrogens with one attached hydrogen (secondary N) is 1. The maximum absolute atomic E-state index is 13.9. The predicted octanol–water partition coefficient (Wildman–Crippen LogP) is 3.49. The molecule has 2 fully saturated rings. The van der Waals surface area contributed by atoms with Crippen LogP contribution in [0.5, 0.6) is 0 Å². The van der Waals surface area contributed by atoms with Crippen LogP contribution in [0.15, 0.2) is 53.4 Å². The maximum atomic E-state index is 13.9. The lowest BCUT2D eigenvalue weighted by molar-refractivity contribution is -0.111. The van der Waals surface area contributed by atoms with Crippen molar-refractivity contribution in [3.8, 4) is 0 Å². The molecule has 0 aromatic heterocycles. The van der Waals surface area contributed by atoms with Crippen LogP contribution in [0.1, 0.15) is 24.8 Å². The number of halogens is 1. The predicted molar refractivity (Wildman–Crippen MR) is 126 cm³/mol. The van der Waals surface area contributed by atoms with Gasteiger partial charge in [-0.15, -0.1) is 0 Å². The van der Waals surface area contributed by atoms with Crippen LogP contribution >= 0.6 is 0 Å². The van der Waals surface area contributed by atoms with Crippen molar-refractivity contribution in [2.24, 2.45) is 0 Å². The van der Waals surface area contributed by atoms with E-state index in [0.717, 1.165) is 38.0 Å². The van der Waals surface area contributed by atoms with Crippen molar-refractivity contribution < 1.29 is 22.3 Å². The molecule has 2 aliphatic rings. The van der Waals surface area contributed by atoms with Crippen LogP contribution in [-0.4, -0.2) is 58.0 Å². The highest BCUT2D eigenvalue weighted by Gasteiger charge is 2.28. The second-order valence-corrected chi connectivity index (χ2v) is 10.0. The van der Waals surface area contributed by atoms with E-state index in [2.05, 4.69) is 10.2 Å². The molecule has 1 amide bonds. The number of nitrogens with zero attached hydrogens (tertiary/aromatic N) is 2. The lowest BCUT2D eigenvalue weighted by atomic mass is 10.1. The summed E-state index contributed by atoms with van der Waals surface area (Å²) in [5, 5.41) is 2.82. The van der Waals surface area contributed by atoms with Gasteiger partial charge in [-0.1, -0.05) is 18.2 Å². The number of piperidine rings is 1. The number of carbonyl (C=O) groups excluding carboxylic acids is 1.